The van der Waals surface area contributed by atoms with E-state index in [1.807, 2.05) is 0 Å². The molecule has 2 saturated heterocycles. The predicted octanol–water partition coefficient (Wildman–Crippen LogP) is 3.23. The molecule has 3 fully saturated rings. The molecule has 3 aliphatic rings. The van der Waals surface area contributed by atoms with Gasteiger partial charge in [-0.15, -0.1) is 0 Å². The van der Waals surface area contributed by atoms with Gasteiger partial charge in [-0.05, 0) is 89.0 Å². The molecule has 0 atom stereocenters. The van der Waals surface area contributed by atoms with E-state index in [0.717, 1.165) is 23.3 Å². The molecule has 0 N–H and O–H groups in total. The van der Waals surface area contributed by atoms with Crippen molar-refractivity contribution in [3.8, 4) is 0 Å². The van der Waals surface area contributed by atoms with Crippen molar-refractivity contribution >= 4 is 0 Å². The van der Waals surface area contributed by atoms with Crippen LogP contribution in [0.4, 0.5) is 0 Å². The lowest BCUT2D eigenvalue weighted by Crippen LogP contribution is -2.56. The monoisotopic (exact) mass is 264 g/mol. The van der Waals surface area contributed by atoms with E-state index < -0.39 is 0 Å². The molecule has 0 amide bonds. The molecule has 0 aromatic heterocycles. The standard InChI is InChI=1S/C17H32N2/c1-14(2)15-4-8-19(9-5-15)16-12-17(13-16)6-10-18(3)11-7-17/h14-16H,4-13H2,1-3H3. The molecule has 0 unspecified atom stereocenters. The van der Waals surface area contributed by atoms with Crippen LogP contribution in [0, 0.1) is 17.3 Å². The summed E-state index contributed by atoms with van der Waals surface area (Å²) in [5.41, 5.74) is 0.756. The summed E-state index contributed by atoms with van der Waals surface area (Å²) in [6.45, 7) is 10.2. The molecular formula is C17H32N2. The van der Waals surface area contributed by atoms with E-state index in [1.165, 1.54) is 64.7 Å². The van der Waals surface area contributed by atoms with Crippen molar-refractivity contribution in [3.63, 3.8) is 0 Å². The molecule has 2 nitrogen and oxygen atoms in total. The van der Waals surface area contributed by atoms with E-state index in [1.54, 1.807) is 0 Å². The average Bonchev–Trinajstić information content (AvgIpc) is 2.37. The molecule has 19 heavy (non-hydrogen) atoms. The molecule has 0 aromatic rings. The number of hydrogen-bond acceptors (Lipinski definition) is 2. The number of likely N-dealkylation sites (tertiary alicyclic amines) is 2. The highest BCUT2D eigenvalue weighted by atomic mass is 15.2. The molecule has 3 rings (SSSR count). The number of hydrogen-bond donors (Lipinski definition) is 0. The topological polar surface area (TPSA) is 6.48 Å². The summed E-state index contributed by atoms with van der Waals surface area (Å²) in [5, 5.41) is 0. The molecule has 110 valence electrons. The van der Waals surface area contributed by atoms with E-state index in [4.69, 9.17) is 0 Å². The molecule has 1 saturated carbocycles. The predicted molar refractivity (Wildman–Crippen MR) is 81.3 cm³/mol. The Morgan fingerprint density at radius 2 is 1.53 bits per heavy atom. The van der Waals surface area contributed by atoms with Crippen molar-refractivity contribution in [2.45, 2.75) is 58.4 Å². The van der Waals surface area contributed by atoms with Crippen molar-refractivity contribution < 1.29 is 0 Å². The van der Waals surface area contributed by atoms with Crippen LogP contribution < -0.4 is 0 Å². The van der Waals surface area contributed by atoms with Gasteiger partial charge >= 0.3 is 0 Å². The third-order valence-electron chi connectivity index (χ3n) is 6.42. The van der Waals surface area contributed by atoms with Crippen LogP contribution >= 0.6 is 0 Å². The quantitative estimate of drug-likeness (QED) is 0.755. The minimum Gasteiger partial charge on any atom is -0.306 e. The zero-order valence-electron chi connectivity index (χ0n) is 13.2. The minimum absolute atomic E-state index is 0.756. The first-order valence-corrected chi connectivity index (χ1v) is 8.51. The lowest BCUT2D eigenvalue weighted by Gasteiger charge is -2.56. The largest absolute Gasteiger partial charge is 0.306 e. The smallest absolute Gasteiger partial charge is 0.0106 e. The van der Waals surface area contributed by atoms with Gasteiger partial charge in [-0.2, -0.15) is 0 Å². The van der Waals surface area contributed by atoms with Crippen molar-refractivity contribution in [3.05, 3.63) is 0 Å². The average molecular weight is 264 g/mol. The Morgan fingerprint density at radius 1 is 0.947 bits per heavy atom. The van der Waals surface area contributed by atoms with E-state index in [-0.39, 0.29) is 0 Å². The maximum absolute atomic E-state index is 2.82. The summed E-state index contributed by atoms with van der Waals surface area (Å²) < 4.78 is 0. The Bertz CT molecular complexity index is 288. The molecule has 2 heteroatoms. The molecule has 2 aliphatic heterocycles. The fraction of sp³-hybridized carbons (Fsp3) is 1.00. The summed E-state index contributed by atoms with van der Waals surface area (Å²) >= 11 is 0. The second kappa shape index (κ2) is 5.37. The maximum Gasteiger partial charge on any atom is 0.0106 e. The Labute approximate surface area is 119 Å². The van der Waals surface area contributed by atoms with Gasteiger partial charge in [0, 0.05) is 6.04 Å². The zero-order chi connectivity index (χ0) is 13.5. The van der Waals surface area contributed by atoms with Gasteiger partial charge in [-0.1, -0.05) is 13.8 Å². The van der Waals surface area contributed by atoms with Crippen LogP contribution in [0.25, 0.3) is 0 Å². The van der Waals surface area contributed by atoms with Crippen molar-refractivity contribution in [1.82, 2.24) is 9.80 Å². The Hall–Kier alpha value is -0.0800. The van der Waals surface area contributed by atoms with E-state index in [9.17, 15) is 0 Å². The molecule has 0 bridgehead atoms. The van der Waals surface area contributed by atoms with Crippen LogP contribution in [0.3, 0.4) is 0 Å². The lowest BCUT2D eigenvalue weighted by molar-refractivity contribution is -0.0502. The van der Waals surface area contributed by atoms with Gasteiger partial charge < -0.3 is 9.80 Å². The summed E-state index contributed by atoms with van der Waals surface area (Å²) in [6.07, 6.45) is 8.83. The van der Waals surface area contributed by atoms with E-state index in [0.29, 0.717) is 0 Å². The number of rotatable bonds is 2. The Balaban J connectivity index is 1.44. The first kappa shape index (κ1) is 13.9. The minimum atomic E-state index is 0.756. The Kier molecular flexibility index (Phi) is 3.92. The van der Waals surface area contributed by atoms with Crippen molar-refractivity contribution in [2.75, 3.05) is 33.2 Å². The molecule has 0 radical (unpaired) electrons. The summed E-state index contributed by atoms with van der Waals surface area (Å²) in [5.74, 6) is 1.89. The first-order chi connectivity index (χ1) is 9.08. The van der Waals surface area contributed by atoms with Crippen LogP contribution in [0.2, 0.25) is 0 Å². The highest BCUT2D eigenvalue weighted by molar-refractivity contribution is 5.01. The summed E-state index contributed by atoms with van der Waals surface area (Å²) in [4.78, 5) is 5.33. The Morgan fingerprint density at radius 3 is 2.05 bits per heavy atom. The highest BCUT2D eigenvalue weighted by Gasteiger charge is 2.47. The van der Waals surface area contributed by atoms with Gasteiger partial charge in [0.05, 0.1) is 0 Å². The molecule has 1 spiro atoms. The number of nitrogens with zero attached hydrogens (tertiary/aromatic N) is 2. The van der Waals surface area contributed by atoms with Gasteiger partial charge in [0.2, 0.25) is 0 Å². The van der Waals surface area contributed by atoms with Gasteiger partial charge in [-0.25, -0.2) is 0 Å². The van der Waals surface area contributed by atoms with Crippen LogP contribution in [0.15, 0.2) is 0 Å². The van der Waals surface area contributed by atoms with Gasteiger partial charge in [0.15, 0.2) is 0 Å². The third-order valence-corrected chi connectivity index (χ3v) is 6.42. The molecule has 2 heterocycles. The van der Waals surface area contributed by atoms with Gasteiger partial charge in [-0.3, -0.25) is 0 Å². The van der Waals surface area contributed by atoms with Crippen LogP contribution in [-0.2, 0) is 0 Å². The van der Waals surface area contributed by atoms with Crippen LogP contribution in [0.1, 0.15) is 52.4 Å². The van der Waals surface area contributed by atoms with E-state index >= 15 is 0 Å². The van der Waals surface area contributed by atoms with Gasteiger partial charge in [0.25, 0.3) is 0 Å². The highest BCUT2D eigenvalue weighted by Crippen LogP contribution is 2.51. The van der Waals surface area contributed by atoms with Crippen molar-refractivity contribution in [2.24, 2.45) is 17.3 Å². The van der Waals surface area contributed by atoms with Crippen LogP contribution in [-0.4, -0.2) is 49.1 Å². The SMILES string of the molecule is CC(C)C1CCN(C2CC3(CCN(C)CC3)C2)CC1. The third kappa shape index (κ3) is 2.85. The summed E-state index contributed by atoms with van der Waals surface area (Å²) in [7, 11) is 2.28. The molecule has 0 aromatic carbocycles. The van der Waals surface area contributed by atoms with Gasteiger partial charge in [0.1, 0.15) is 0 Å². The van der Waals surface area contributed by atoms with E-state index in [2.05, 4.69) is 30.7 Å². The second-order valence-corrected chi connectivity index (χ2v) is 7.98. The zero-order valence-corrected chi connectivity index (χ0v) is 13.2. The van der Waals surface area contributed by atoms with Crippen molar-refractivity contribution in [1.29, 1.82) is 0 Å². The maximum atomic E-state index is 2.82. The fourth-order valence-electron chi connectivity index (χ4n) is 4.65. The fourth-order valence-corrected chi connectivity index (χ4v) is 4.65. The number of piperidine rings is 2. The molecule has 1 aliphatic carbocycles. The normalized spacial score (nSPS) is 30.9. The van der Waals surface area contributed by atoms with Crippen LogP contribution in [0.5, 0.6) is 0 Å². The lowest BCUT2D eigenvalue weighted by atomic mass is 9.59. The summed E-state index contributed by atoms with van der Waals surface area (Å²) in [6, 6.07) is 0.941. The molecular weight excluding hydrogens is 232 g/mol. The second-order valence-electron chi connectivity index (χ2n) is 7.98. The first-order valence-electron chi connectivity index (χ1n) is 8.51.